The van der Waals surface area contributed by atoms with Crippen LogP contribution in [-0.2, 0) is 11.8 Å². The van der Waals surface area contributed by atoms with Crippen molar-refractivity contribution < 1.29 is 4.74 Å². The van der Waals surface area contributed by atoms with Gasteiger partial charge in [-0.3, -0.25) is 9.58 Å². The summed E-state index contributed by atoms with van der Waals surface area (Å²) in [7, 11) is 3.96. The Kier molecular flexibility index (Phi) is 4.96. The molecular weight excluding hydrogens is 240 g/mol. The van der Waals surface area contributed by atoms with E-state index in [0.29, 0.717) is 6.04 Å². The summed E-state index contributed by atoms with van der Waals surface area (Å²) in [5.41, 5.74) is 2.41. The molecule has 2 unspecified atom stereocenters. The van der Waals surface area contributed by atoms with E-state index in [1.807, 2.05) is 18.8 Å². The predicted molar refractivity (Wildman–Crippen MR) is 76.2 cm³/mol. The molecule has 2 heterocycles. The zero-order valence-electron chi connectivity index (χ0n) is 12.5. The van der Waals surface area contributed by atoms with E-state index in [9.17, 15) is 0 Å². The smallest absolute Gasteiger partial charge is 0.0897 e. The Balaban J connectivity index is 2.28. The van der Waals surface area contributed by atoms with Crippen LogP contribution in [0, 0.1) is 6.92 Å². The van der Waals surface area contributed by atoms with Gasteiger partial charge < -0.3 is 10.1 Å². The summed E-state index contributed by atoms with van der Waals surface area (Å²) in [6.45, 7) is 8.14. The van der Waals surface area contributed by atoms with Crippen LogP contribution in [0.15, 0.2) is 6.20 Å². The number of aryl methyl sites for hydroxylation is 2. The number of aromatic nitrogens is 2. The Morgan fingerprint density at radius 2 is 2.32 bits per heavy atom. The molecule has 1 aromatic heterocycles. The zero-order chi connectivity index (χ0) is 13.8. The van der Waals surface area contributed by atoms with Gasteiger partial charge in [-0.25, -0.2) is 0 Å². The van der Waals surface area contributed by atoms with Gasteiger partial charge in [0.05, 0.1) is 24.4 Å². The lowest BCUT2D eigenvalue weighted by Crippen LogP contribution is -2.49. The van der Waals surface area contributed by atoms with Gasteiger partial charge >= 0.3 is 0 Å². The highest BCUT2D eigenvalue weighted by atomic mass is 16.5. The monoisotopic (exact) mass is 266 g/mol. The summed E-state index contributed by atoms with van der Waals surface area (Å²) in [4.78, 5) is 2.54. The standard InChI is InChI=1S/C14H26N4O/c1-5-6-18-7-8-19-13(9-15-3)14(18)12-10-17(4)16-11(12)2/h10,13-15H,5-9H2,1-4H3. The summed E-state index contributed by atoms with van der Waals surface area (Å²) in [5.74, 6) is 0. The molecule has 5 nitrogen and oxygen atoms in total. The molecule has 2 atom stereocenters. The normalized spacial score (nSPS) is 24.8. The summed E-state index contributed by atoms with van der Waals surface area (Å²) in [5, 5.41) is 7.74. The third-order valence-corrected chi connectivity index (χ3v) is 3.74. The maximum absolute atomic E-state index is 5.99. The summed E-state index contributed by atoms with van der Waals surface area (Å²) >= 11 is 0. The van der Waals surface area contributed by atoms with Crippen molar-refractivity contribution >= 4 is 0 Å². The van der Waals surface area contributed by atoms with Crippen molar-refractivity contribution in [3.05, 3.63) is 17.5 Å². The minimum absolute atomic E-state index is 0.202. The Morgan fingerprint density at radius 1 is 1.53 bits per heavy atom. The fraction of sp³-hybridized carbons (Fsp3) is 0.786. The van der Waals surface area contributed by atoms with E-state index in [4.69, 9.17) is 4.74 Å². The van der Waals surface area contributed by atoms with Gasteiger partial charge in [0.25, 0.3) is 0 Å². The number of hydrogen-bond acceptors (Lipinski definition) is 4. The van der Waals surface area contributed by atoms with E-state index < -0.39 is 0 Å². The molecule has 108 valence electrons. The number of likely N-dealkylation sites (N-methyl/N-ethyl adjacent to an activating group) is 1. The molecule has 0 saturated carbocycles. The maximum Gasteiger partial charge on any atom is 0.0897 e. The van der Waals surface area contributed by atoms with E-state index in [-0.39, 0.29) is 6.10 Å². The number of nitrogens with one attached hydrogen (secondary N) is 1. The first-order valence-electron chi connectivity index (χ1n) is 7.17. The fourth-order valence-corrected chi connectivity index (χ4v) is 3.00. The maximum atomic E-state index is 5.99. The second kappa shape index (κ2) is 6.50. The summed E-state index contributed by atoms with van der Waals surface area (Å²) in [6, 6.07) is 0.315. The van der Waals surface area contributed by atoms with Crippen LogP contribution in [0.5, 0.6) is 0 Å². The molecular formula is C14H26N4O. The number of morpholine rings is 1. The highest BCUT2D eigenvalue weighted by molar-refractivity contribution is 5.22. The molecule has 19 heavy (non-hydrogen) atoms. The van der Waals surface area contributed by atoms with Gasteiger partial charge in [-0.15, -0.1) is 0 Å². The molecule has 2 rings (SSSR count). The minimum Gasteiger partial charge on any atom is -0.374 e. The van der Waals surface area contributed by atoms with Crippen molar-refractivity contribution in [1.29, 1.82) is 0 Å². The van der Waals surface area contributed by atoms with Crippen LogP contribution in [0.1, 0.15) is 30.6 Å². The molecule has 0 radical (unpaired) electrons. The van der Waals surface area contributed by atoms with Gasteiger partial charge in [0.2, 0.25) is 0 Å². The van der Waals surface area contributed by atoms with Crippen LogP contribution in [0.2, 0.25) is 0 Å². The van der Waals surface area contributed by atoms with Crippen molar-refractivity contribution in [2.45, 2.75) is 32.4 Å². The van der Waals surface area contributed by atoms with Crippen molar-refractivity contribution in [1.82, 2.24) is 20.0 Å². The lowest BCUT2D eigenvalue weighted by molar-refractivity contribution is -0.0706. The molecule has 0 aliphatic carbocycles. The van der Waals surface area contributed by atoms with Crippen LogP contribution >= 0.6 is 0 Å². The molecule has 5 heteroatoms. The molecule has 0 bridgehead atoms. The molecule has 0 aromatic carbocycles. The Labute approximate surface area is 115 Å². The van der Waals surface area contributed by atoms with Gasteiger partial charge in [0, 0.05) is 31.9 Å². The van der Waals surface area contributed by atoms with Gasteiger partial charge in [0.1, 0.15) is 0 Å². The lowest BCUT2D eigenvalue weighted by atomic mass is 9.98. The largest absolute Gasteiger partial charge is 0.374 e. The zero-order valence-corrected chi connectivity index (χ0v) is 12.5. The SMILES string of the molecule is CCCN1CCOC(CNC)C1c1cn(C)nc1C. The van der Waals surface area contributed by atoms with Crippen molar-refractivity contribution in [2.75, 3.05) is 33.3 Å². The van der Waals surface area contributed by atoms with Gasteiger partial charge in [0.15, 0.2) is 0 Å². The predicted octanol–water partition coefficient (Wildman–Crippen LogP) is 1.10. The average molecular weight is 266 g/mol. The number of rotatable bonds is 5. The second-order valence-electron chi connectivity index (χ2n) is 5.29. The van der Waals surface area contributed by atoms with E-state index in [0.717, 1.165) is 31.9 Å². The van der Waals surface area contributed by atoms with E-state index in [2.05, 4.69) is 35.4 Å². The van der Waals surface area contributed by atoms with E-state index in [1.165, 1.54) is 12.0 Å². The topological polar surface area (TPSA) is 42.3 Å². The third-order valence-electron chi connectivity index (χ3n) is 3.74. The van der Waals surface area contributed by atoms with E-state index in [1.54, 1.807) is 0 Å². The number of ether oxygens (including phenoxy) is 1. The van der Waals surface area contributed by atoms with Gasteiger partial charge in [-0.2, -0.15) is 5.10 Å². The molecule has 0 spiro atoms. The van der Waals surface area contributed by atoms with Crippen LogP contribution in [0.3, 0.4) is 0 Å². The van der Waals surface area contributed by atoms with Crippen molar-refractivity contribution in [3.63, 3.8) is 0 Å². The van der Waals surface area contributed by atoms with Crippen LogP contribution in [-0.4, -0.2) is 54.1 Å². The van der Waals surface area contributed by atoms with E-state index >= 15 is 0 Å². The molecule has 0 amide bonds. The fourth-order valence-electron chi connectivity index (χ4n) is 3.00. The molecule has 1 saturated heterocycles. The lowest BCUT2D eigenvalue weighted by Gasteiger charge is -2.41. The first-order valence-corrected chi connectivity index (χ1v) is 7.17. The molecule has 1 aliphatic rings. The molecule has 1 N–H and O–H groups in total. The van der Waals surface area contributed by atoms with Crippen LogP contribution in [0.25, 0.3) is 0 Å². The Hall–Kier alpha value is -0.910. The third kappa shape index (κ3) is 3.16. The highest BCUT2D eigenvalue weighted by Gasteiger charge is 2.34. The quantitative estimate of drug-likeness (QED) is 0.866. The average Bonchev–Trinajstić information content (AvgIpc) is 2.69. The van der Waals surface area contributed by atoms with Crippen molar-refractivity contribution in [2.24, 2.45) is 7.05 Å². The van der Waals surface area contributed by atoms with Gasteiger partial charge in [-0.1, -0.05) is 6.92 Å². The molecule has 1 aliphatic heterocycles. The first kappa shape index (κ1) is 14.5. The Bertz CT molecular complexity index is 386. The Morgan fingerprint density at radius 3 is 2.89 bits per heavy atom. The first-order chi connectivity index (χ1) is 9.17. The second-order valence-corrected chi connectivity index (χ2v) is 5.29. The van der Waals surface area contributed by atoms with Crippen molar-refractivity contribution in [3.8, 4) is 0 Å². The number of nitrogens with zero attached hydrogens (tertiary/aromatic N) is 3. The van der Waals surface area contributed by atoms with Gasteiger partial charge in [-0.05, 0) is 26.9 Å². The summed E-state index contributed by atoms with van der Waals surface area (Å²) in [6.07, 6.45) is 3.51. The molecule has 1 aromatic rings. The number of hydrogen-bond donors (Lipinski definition) is 1. The van der Waals surface area contributed by atoms with Crippen LogP contribution in [0.4, 0.5) is 0 Å². The minimum atomic E-state index is 0.202. The van der Waals surface area contributed by atoms with Crippen LogP contribution < -0.4 is 5.32 Å². The highest BCUT2D eigenvalue weighted by Crippen LogP contribution is 2.31. The summed E-state index contributed by atoms with van der Waals surface area (Å²) < 4.78 is 7.89. The molecule has 1 fully saturated rings.